The van der Waals surface area contributed by atoms with Crippen LogP contribution in [0, 0.1) is 6.92 Å². The van der Waals surface area contributed by atoms with Crippen LogP contribution in [0.4, 0.5) is 0 Å². The summed E-state index contributed by atoms with van der Waals surface area (Å²) < 4.78 is 5.41. The number of nitrogens with one attached hydrogen (secondary N) is 1. The molecule has 0 aromatic heterocycles. The maximum atomic E-state index is 12.5. The Hall–Kier alpha value is -1.57. The molecule has 0 radical (unpaired) electrons. The van der Waals surface area contributed by atoms with E-state index in [0.717, 1.165) is 38.4 Å². The van der Waals surface area contributed by atoms with Crippen LogP contribution in [0.2, 0.25) is 0 Å². The number of hydrogen-bond donors (Lipinski definition) is 1. The molecule has 7 heteroatoms. The van der Waals surface area contributed by atoms with E-state index in [9.17, 15) is 9.59 Å². The predicted molar refractivity (Wildman–Crippen MR) is 98.4 cm³/mol. The summed E-state index contributed by atoms with van der Waals surface area (Å²) in [5, 5.41) is 3.12. The van der Waals surface area contributed by atoms with E-state index in [1.165, 1.54) is 5.56 Å². The quantitative estimate of drug-likeness (QED) is 0.818. The molecule has 2 aliphatic rings. The lowest BCUT2D eigenvalue weighted by Gasteiger charge is -2.31. The van der Waals surface area contributed by atoms with Crippen molar-refractivity contribution in [2.24, 2.45) is 0 Å². The number of aryl methyl sites for hydroxylation is 1. The lowest BCUT2D eigenvalue weighted by atomic mass is 10.0. The lowest BCUT2D eigenvalue weighted by molar-refractivity contribution is -0.132. The molecule has 2 amide bonds. The van der Waals surface area contributed by atoms with Gasteiger partial charge >= 0.3 is 0 Å². The summed E-state index contributed by atoms with van der Waals surface area (Å²) in [6.45, 7) is 6.15. The van der Waals surface area contributed by atoms with E-state index >= 15 is 0 Å². The van der Waals surface area contributed by atoms with Gasteiger partial charge in [0.05, 0.1) is 30.9 Å². The number of hydrogen-bond acceptors (Lipinski definition) is 5. The van der Waals surface area contributed by atoms with Gasteiger partial charge in [-0.2, -0.15) is 0 Å². The summed E-state index contributed by atoms with van der Waals surface area (Å²) in [7, 11) is 0. The van der Waals surface area contributed by atoms with Crippen LogP contribution in [-0.2, 0) is 14.3 Å². The van der Waals surface area contributed by atoms with Crippen LogP contribution in [0.1, 0.15) is 17.2 Å². The first-order valence-corrected chi connectivity index (χ1v) is 9.79. The van der Waals surface area contributed by atoms with Gasteiger partial charge in [-0.3, -0.25) is 14.5 Å². The first kappa shape index (κ1) is 18.2. The monoisotopic (exact) mass is 363 g/mol. The van der Waals surface area contributed by atoms with Crippen molar-refractivity contribution in [3.05, 3.63) is 35.4 Å². The van der Waals surface area contributed by atoms with Crippen LogP contribution >= 0.6 is 11.8 Å². The Morgan fingerprint density at radius 3 is 2.64 bits per heavy atom. The summed E-state index contributed by atoms with van der Waals surface area (Å²) in [6.07, 6.45) is 0. The van der Waals surface area contributed by atoms with Crippen LogP contribution in [0.15, 0.2) is 24.3 Å². The van der Waals surface area contributed by atoms with Gasteiger partial charge in [-0.15, -0.1) is 11.8 Å². The average Bonchev–Trinajstić information content (AvgIpc) is 3.01. The fourth-order valence-corrected chi connectivity index (χ4v) is 3.93. The first-order chi connectivity index (χ1) is 12.1. The van der Waals surface area contributed by atoms with Crippen molar-refractivity contribution in [2.75, 3.05) is 51.0 Å². The minimum absolute atomic E-state index is 0.0419. The van der Waals surface area contributed by atoms with Gasteiger partial charge in [0.2, 0.25) is 11.8 Å². The Bertz CT molecular complexity index is 602. The second kappa shape index (κ2) is 8.69. The predicted octanol–water partition coefficient (Wildman–Crippen LogP) is 1.02. The highest BCUT2D eigenvalue weighted by molar-refractivity contribution is 8.00. The topological polar surface area (TPSA) is 61.9 Å². The Labute approximate surface area is 152 Å². The number of ether oxygens (including phenoxy) is 1. The van der Waals surface area contributed by atoms with Gasteiger partial charge in [-0.05, 0) is 12.5 Å². The summed E-state index contributed by atoms with van der Waals surface area (Å²) in [4.78, 5) is 28.1. The van der Waals surface area contributed by atoms with Crippen molar-refractivity contribution in [1.29, 1.82) is 0 Å². The fourth-order valence-electron chi connectivity index (χ4n) is 3.03. The van der Waals surface area contributed by atoms with Gasteiger partial charge in [0.1, 0.15) is 6.54 Å². The number of carbonyl (C=O) groups excluding carboxylic acids is 2. The minimum Gasteiger partial charge on any atom is -0.379 e. The van der Waals surface area contributed by atoms with Crippen LogP contribution in [0.3, 0.4) is 0 Å². The van der Waals surface area contributed by atoms with Crippen LogP contribution in [0.25, 0.3) is 0 Å². The highest BCUT2D eigenvalue weighted by Crippen LogP contribution is 2.18. The molecule has 1 atom stereocenters. The number of rotatable bonds is 6. The molecule has 136 valence electrons. The Morgan fingerprint density at radius 2 is 2.00 bits per heavy atom. The molecule has 2 saturated heterocycles. The summed E-state index contributed by atoms with van der Waals surface area (Å²) >= 11 is 1.55. The van der Waals surface area contributed by atoms with Gasteiger partial charge < -0.3 is 15.0 Å². The van der Waals surface area contributed by atoms with Gasteiger partial charge in [-0.1, -0.05) is 29.8 Å². The molecule has 1 aromatic carbocycles. The molecule has 2 fully saturated rings. The smallest absolute Gasteiger partial charge is 0.240 e. The maximum absolute atomic E-state index is 12.5. The number of amides is 2. The zero-order valence-electron chi connectivity index (χ0n) is 14.6. The zero-order valence-corrected chi connectivity index (χ0v) is 15.4. The SMILES string of the molecule is Cc1ccc(C(CN2CCOCC2)NC(=O)CN2CSCC2=O)cc1. The van der Waals surface area contributed by atoms with E-state index in [4.69, 9.17) is 4.74 Å². The largest absolute Gasteiger partial charge is 0.379 e. The number of carbonyl (C=O) groups is 2. The Balaban J connectivity index is 1.65. The highest BCUT2D eigenvalue weighted by atomic mass is 32.2. The standard InChI is InChI=1S/C18H25N3O3S/c1-14-2-4-15(5-3-14)16(10-20-6-8-24-9-7-20)19-17(22)11-21-13-25-12-18(21)23/h2-5,16H,6-13H2,1H3,(H,19,22). The van der Waals surface area contributed by atoms with Gasteiger partial charge in [-0.25, -0.2) is 0 Å². The molecule has 2 aliphatic heterocycles. The molecule has 1 unspecified atom stereocenters. The molecule has 2 heterocycles. The normalized spacial score (nSPS) is 19.9. The molecule has 3 rings (SSSR count). The third-order valence-electron chi connectivity index (χ3n) is 4.52. The van der Waals surface area contributed by atoms with Crippen LogP contribution < -0.4 is 5.32 Å². The van der Waals surface area contributed by atoms with Crippen molar-refractivity contribution in [2.45, 2.75) is 13.0 Å². The average molecular weight is 363 g/mol. The molecule has 0 spiro atoms. The molecule has 1 aromatic rings. The zero-order chi connectivity index (χ0) is 17.6. The second-order valence-electron chi connectivity index (χ2n) is 6.51. The molecule has 0 bridgehead atoms. The highest BCUT2D eigenvalue weighted by Gasteiger charge is 2.25. The van der Waals surface area contributed by atoms with Gasteiger partial charge in [0.15, 0.2) is 0 Å². The van der Waals surface area contributed by atoms with Crippen molar-refractivity contribution in [3.63, 3.8) is 0 Å². The lowest BCUT2D eigenvalue weighted by Crippen LogP contribution is -2.45. The molecule has 0 saturated carbocycles. The molecular weight excluding hydrogens is 338 g/mol. The van der Waals surface area contributed by atoms with E-state index < -0.39 is 0 Å². The maximum Gasteiger partial charge on any atom is 0.240 e. The minimum atomic E-state index is -0.102. The third-order valence-corrected chi connectivity index (χ3v) is 5.46. The van der Waals surface area contributed by atoms with Gasteiger partial charge in [0.25, 0.3) is 0 Å². The van der Waals surface area contributed by atoms with E-state index in [1.807, 2.05) is 0 Å². The molecule has 25 heavy (non-hydrogen) atoms. The van der Waals surface area contributed by atoms with E-state index in [-0.39, 0.29) is 24.4 Å². The van der Waals surface area contributed by atoms with Crippen molar-refractivity contribution in [1.82, 2.24) is 15.1 Å². The number of nitrogens with zero attached hydrogens (tertiary/aromatic N) is 2. The van der Waals surface area contributed by atoms with Gasteiger partial charge in [0, 0.05) is 19.6 Å². The van der Waals surface area contributed by atoms with Crippen molar-refractivity contribution in [3.8, 4) is 0 Å². The third kappa shape index (κ3) is 5.20. The van der Waals surface area contributed by atoms with Crippen LogP contribution in [0.5, 0.6) is 0 Å². The molecule has 6 nitrogen and oxygen atoms in total. The fraction of sp³-hybridized carbons (Fsp3) is 0.556. The summed E-state index contributed by atoms with van der Waals surface area (Å²) in [6, 6.07) is 8.18. The van der Waals surface area contributed by atoms with Crippen molar-refractivity contribution >= 4 is 23.6 Å². The van der Waals surface area contributed by atoms with Crippen LogP contribution in [-0.4, -0.2) is 72.6 Å². The molecule has 0 aliphatic carbocycles. The Kier molecular flexibility index (Phi) is 6.34. The Morgan fingerprint density at radius 1 is 1.28 bits per heavy atom. The van der Waals surface area contributed by atoms with E-state index in [0.29, 0.717) is 11.6 Å². The number of benzene rings is 1. The molecule has 1 N–H and O–H groups in total. The summed E-state index contributed by atoms with van der Waals surface area (Å²) in [5.41, 5.74) is 2.28. The van der Waals surface area contributed by atoms with E-state index in [2.05, 4.69) is 41.4 Å². The second-order valence-corrected chi connectivity index (χ2v) is 7.47. The van der Waals surface area contributed by atoms with Crippen molar-refractivity contribution < 1.29 is 14.3 Å². The first-order valence-electron chi connectivity index (χ1n) is 8.63. The number of thioether (sulfide) groups is 1. The summed E-state index contributed by atoms with van der Waals surface area (Å²) in [5.74, 6) is 1.02. The molecular formula is C18H25N3O3S. The van der Waals surface area contributed by atoms with E-state index in [1.54, 1.807) is 16.7 Å². The number of morpholine rings is 1.